The van der Waals surface area contributed by atoms with Gasteiger partial charge in [-0.15, -0.1) is 0 Å². The molecule has 0 radical (unpaired) electrons. The number of benzene rings is 4. The summed E-state index contributed by atoms with van der Waals surface area (Å²) in [5.74, 6) is -0.344. The molecule has 0 aliphatic heterocycles. The lowest BCUT2D eigenvalue weighted by molar-refractivity contribution is -0.145. The molecule has 5 rings (SSSR count). The Morgan fingerprint density at radius 2 is 1.70 bits per heavy atom. The lowest BCUT2D eigenvalue weighted by Crippen LogP contribution is -2.19. The van der Waals surface area contributed by atoms with Gasteiger partial charge in [-0.25, -0.2) is 9.37 Å². The van der Waals surface area contributed by atoms with Gasteiger partial charge in [0.05, 0.1) is 18.0 Å². The summed E-state index contributed by atoms with van der Waals surface area (Å²) in [5.41, 5.74) is 4.13. The smallest absolute Gasteiger partial charge is 0.315 e. The Hall–Kier alpha value is -4.98. The van der Waals surface area contributed by atoms with E-state index >= 15 is 0 Å². The lowest BCUT2D eigenvalue weighted by Gasteiger charge is -2.16. The number of fused-ring (bicyclic) bond motifs is 1. The van der Waals surface area contributed by atoms with Crippen LogP contribution in [0.5, 0.6) is 0 Å². The van der Waals surface area contributed by atoms with Gasteiger partial charge >= 0.3 is 5.97 Å². The first-order valence-electron chi connectivity index (χ1n) is 13.1. The van der Waals surface area contributed by atoms with Gasteiger partial charge in [0.2, 0.25) is 5.91 Å². The van der Waals surface area contributed by atoms with Crippen LogP contribution in [0.25, 0.3) is 16.5 Å². The summed E-state index contributed by atoms with van der Waals surface area (Å²) in [5, 5.41) is 8.11. The molecule has 7 nitrogen and oxygen atoms in total. The van der Waals surface area contributed by atoms with Crippen molar-refractivity contribution in [3.8, 4) is 5.69 Å². The Bertz CT molecular complexity index is 1630. The highest BCUT2D eigenvalue weighted by Crippen LogP contribution is 2.34. The van der Waals surface area contributed by atoms with Crippen molar-refractivity contribution in [2.75, 3.05) is 17.2 Å². The van der Waals surface area contributed by atoms with Crippen LogP contribution < -0.4 is 10.6 Å². The van der Waals surface area contributed by atoms with Crippen LogP contribution in [-0.2, 0) is 27.2 Å². The largest absolute Gasteiger partial charge is 0.466 e. The molecule has 0 fully saturated rings. The number of imidazole rings is 1. The maximum absolute atomic E-state index is 13.2. The number of hydrogen-bond acceptors (Lipinski definition) is 5. The topological polar surface area (TPSA) is 85.3 Å². The Kier molecular flexibility index (Phi) is 8.15. The third-order valence-electron chi connectivity index (χ3n) is 6.50. The van der Waals surface area contributed by atoms with E-state index in [1.165, 1.54) is 12.1 Å². The minimum absolute atomic E-state index is 0.220. The van der Waals surface area contributed by atoms with Crippen molar-refractivity contribution in [2.24, 2.45) is 0 Å². The lowest BCUT2D eigenvalue weighted by atomic mass is 10.1. The summed E-state index contributed by atoms with van der Waals surface area (Å²) >= 11 is 0. The number of nitrogens with zero attached hydrogens (tertiary/aromatic N) is 2. The number of hydrogen-bond donors (Lipinski definition) is 2. The van der Waals surface area contributed by atoms with Crippen LogP contribution in [0, 0.1) is 5.82 Å². The number of aromatic nitrogens is 2. The maximum atomic E-state index is 13.2. The first-order chi connectivity index (χ1) is 19.5. The Balaban J connectivity index is 1.33. The molecule has 4 aromatic carbocycles. The molecule has 2 N–H and O–H groups in total. The average Bonchev–Trinajstić information content (AvgIpc) is 3.43. The molecule has 0 atom stereocenters. The minimum atomic E-state index is -0.568. The molecule has 202 valence electrons. The quantitative estimate of drug-likeness (QED) is 0.155. The molecule has 1 amide bonds. The maximum Gasteiger partial charge on any atom is 0.315 e. The predicted octanol–water partition coefficient (Wildman–Crippen LogP) is 6.59. The number of rotatable bonds is 10. The van der Waals surface area contributed by atoms with Gasteiger partial charge in [-0.05, 0) is 66.8 Å². The van der Waals surface area contributed by atoms with Gasteiger partial charge < -0.3 is 19.9 Å². The van der Waals surface area contributed by atoms with Gasteiger partial charge in [0.25, 0.3) is 0 Å². The highest BCUT2D eigenvalue weighted by atomic mass is 19.1. The fraction of sp³-hybridized carbons (Fsp3) is 0.156. The Morgan fingerprint density at radius 3 is 2.48 bits per heavy atom. The molecule has 0 aliphatic rings. The molecule has 0 saturated heterocycles. The van der Waals surface area contributed by atoms with Crippen molar-refractivity contribution in [2.45, 2.75) is 26.2 Å². The molecule has 1 heterocycles. The Labute approximate surface area is 231 Å². The second-order valence-corrected chi connectivity index (χ2v) is 9.25. The molecule has 0 spiro atoms. The van der Waals surface area contributed by atoms with Crippen molar-refractivity contribution in [1.82, 2.24) is 9.55 Å². The van der Waals surface area contributed by atoms with Gasteiger partial charge in [0.1, 0.15) is 18.1 Å². The van der Waals surface area contributed by atoms with E-state index in [1.807, 2.05) is 71.4 Å². The van der Waals surface area contributed by atoms with Gasteiger partial charge in [-0.2, -0.15) is 0 Å². The normalized spacial score (nSPS) is 10.8. The van der Waals surface area contributed by atoms with Crippen LogP contribution in [0.15, 0.2) is 97.3 Å². The number of nitrogens with one attached hydrogen (secondary N) is 2. The zero-order chi connectivity index (χ0) is 27.9. The van der Waals surface area contributed by atoms with Crippen LogP contribution in [0.4, 0.5) is 21.5 Å². The zero-order valence-electron chi connectivity index (χ0n) is 22.1. The van der Waals surface area contributed by atoms with E-state index < -0.39 is 11.9 Å². The van der Waals surface area contributed by atoms with Gasteiger partial charge in [-0.1, -0.05) is 42.5 Å². The molecule has 8 heteroatoms. The number of esters is 1. The monoisotopic (exact) mass is 536 g/mol. The number of halogens is 1. The molecule has 40 heavy (non-hydrogen) atoms. The van der Waals surface area contributed by atoms with E-state index in [4.69, 9.17) is 4.74 Å². The second kappa shape index (κ2) is 12.3. The SMILES string of the molecule is CCOC(=O)CC(=O)Nc1c(Nc2ccc(-n3ccnc3CCc3ccc(F)cc3)cc2)ccc2ccccc12. The van der Waals surface area contributed by atoms with E-state index in [1.54, 1.807) is 25.3 Å². The van der Waals surface area contributed by atoms with Crippen molar-refractivity contribution < 1.29 is 18.7 Å². The highest BCUT2D eigenvalue weighted by molar-refractivity contribution is 6.10. The number of aryl methyl sites for hydroxylation is 2. The number of ether oxygens (including phenoxy) is 1. The van der Waals surface area contributed by atoms with E-state index in [0.717, 1.165) is 40.0 Å². The van der Waals surface area contributed by atoms with Crippen LogP contribution in [0.2, 0.25) is 0 Å². The number of amides is 1. The molecular formula is C32H29FN4O3. The van der Waals surface area contributed by atoms with Gasteiger partial charge in [-0.3, -0.25) is 9.59 Å². The fourth-order valence-corrected chi connectivity index (χ4v) is 4.56. The van der Waals surface area contributed by atoms with Crippen molar-refractivity contribution >= 4 is 39.7 Å². The standard InChI is InChI=1S/C32H29FN4O3/c1-2-40-31(39)21-30(38)36-32-27-6-4-3-5-23(27)10-17-28(32)35-25-13-15-26(16-14-25)37-20-19-34-29(37)18-9-22-7-11-24(33)12-8-22/h3-8,10-17,19-20,35H,2,9,18,21H2,1H3,(H,36,38). The zero-order valence-corrected chi connectivity index (χ0v) is 22.1. The van der Waals surface area contributed by atoms with Crippen LogP contribution >= 0.6 is 0 Å². The first kappa shape index (κ1) is 26.6. The average molecular weight is 537 g/mol. The summed E-state index contributed by atoms with van der Waals surface area (Å²) in [4.78, 5) is 29.0. The predicted molar refractivity (Wildman–Crippen MR) is 154 cm³/mol. The number of carbonyl (C=O) groups is 2. The Morgan fingerprint density at radius 1 is 0.925 bits per heavy atom. The summed E-state index contributed by atoms with van der Waals surface area (Å²) in [6.45, 7) is 1.92. The fourth-order valence-electron chi connectivity index (χ4n) is 4.56. The summed E-state index contributed by atoms with van der Waals surface area (Å²) < 4.78 is 20.2. The highest BCUT2D eigenvalue weighted by Gasteiger charge is 2.15. The van der Waals surface area contributed by atoms with E-state index in [-0.39, 0.29) is 18.8 Å². The van der Waals surface area contributed by atoms with E-state index in [0.29, 0.717) is 17.8 Å². The molecule has 1 aromatic heterocycles. The van der Waals surface area contributed by atoms with E-state index in [9.17, 15) is 14.0 Å². The van der Waals surface area contributed by atoms with Crippen LogP contribution in [-0.4, -0.2) is 28.0 Å². The molecule has 0 bridgehead atoms. The summed E-state index contributed by atoms with van der Waals surface area (Å²) in [7, 11) is 0. The summed E-state index contributed by atoms with van der Waals surface area (Å²) in [6, 6.07) is 26.0. The molecule has 0 saturated carbocycles. The molecule has 5 aromatic rings. The number of carbonyl (C=O) groups excluding carboxylic acids is 2. The van der Waals surface area contributed by atoms with Crippen molar-refractivity contribution in [3.63, 3.8) is 0 Å². The first-order valence-corrected chi connectivity index (χ1v) is 13.1. The van der Waals surface area contributed by atoms with Crippen LogP contribution in [0.1, 0.15) is 24.7 Å². The number of anilines is 3. The van der Waals surface area contributed by atoms with Crippen LogP contribution in [0.3, 0.4) is 0 Å². The van der Waals surface area contributed by atoms with Crippen molar-refractivity contribution in [3.05, 3.63) is 115 Å². The van der Waals surface area contributed by atoms with Gasteiger partial charge in [0, 0.05) is 35.6 Å². The molecular weight excluding hydrogens is 507 g/mol. The molecule has 0 aliphatic carbocycles. The summed E-state index contributed by atoms with van der Waals surface area (Å²) in [6.07, 6.45) is 4.79. The van der Waals surface area contributed by atoms with Gasteiger partial charge in [0.15, 0.2) is 0 Å². The minimum Gasteiger partial charge on any atom is -0.466 e. The molecule has 0 unspecified atom stereocenters. The van der Waals surface area contributed by atoms with Crippen molar-refractivity contribution in [1.29, 1.82) is 0 Å². The third kappa shape index (κ3) is 6.35. The second-order valence-electron chi connectivity index (χ2n) is 9.25. The third-order valence-corrected chi connectivity index (χ3v) is 6.50. The van der Waals surface area contributed by atoms with E-state index in [2.05, 4.69) is 15.6 Å².